The number of quaternary nitrogens is 1. The largest absolute Gasteiger partial charge is 1.00 e. The Balaban J connectivity index is -0.000000213. The molecule has 1 saturated heterocycles. The van der Waals surface area contributed by atoms with E-state index in [4.69, 9.17) is 4.74 Å². The van der Waals surface area contributed by atoms with Crippen molar-refractivity contribution in [1.82, 2.24) is 6.15 Å². The maximum absolute atomic E-state index is 5.25. The summed E-state index contributed by atoms with van der Waals surface area (Å²) in [6.45, 7) is 2.11. The van der Waals surface area contributed by atoms with Gasteiger partial charge in [0, 0.05) is 0 Å². The molecule has 1 rings (SSSR count). The van der Waals surface area contributed by atoms with Crippen molar-refractivity contribution < 1.29 is 21.6 Å². The number of ether oxygens (including phenoxy) is 1. The van der Waals surface area contributed by atoms with Crippen LogP contribution in [-0.4, -0.2) is 38.0 Å². The number of nitrogens with zero attached hydrogens (tertiary/aromatic N) is 1. The van der Waals surface area contributed by atoms with E-state index in [1.165, 1.54) is 0 Å². The third-order valence-electron chi connectivity index (χ3n) is 1.44. The topological polar surface area (TPSA) is 47.5 Å². The van der Waals surface area contributed by atoms with Crippen LogP contribution in [-0.2, 0) is 4.74 Å². The third-order valence-corrected chi connectivity index (χ3v) is 1.44. The molecule has 1 heterocycles. The van der Waals surface area contributed by atoms with Gasteiger partial charge in [-0.1, -0.05) is 0 Å². The smallest absolute Gasteiger partial charge is 0.220 e. The maximum Gasteiger partial charge on any atom is 0.220 e. The van der Waals surface area contributed by atoms with Gasteiger partial charge in [0.05, 0.1) is 21.1 Å². The molecule has 11 heavy (non-hydrogen) atoms. The van der Waals surface area contributed by atoms with Gasteiger partial charge in [0.15, 0.2) is 0 Å². The van der Waals surface area contributed by atoms with Crippen LogP contribution in [0.5, 0.6) is 0 Å². The fraction of sp³-hybridized carbons (Fsp3) is 1.00. The van der Waals surface area contributed by atoms with Crippen LogP contribution in [0.3, 0.4) is 0 Å². The first-order valence-electron chi connectivity index (χ1n) is 2.98. The Bertz CT molecular complexity index is 105. The van der Waals surface area contributed by atoms with Crippen LogP contribution >= 0.6 is 12.4 Å². The summed E-state index contributed by atoms with van der Waals surface area (Å²) in [7, 11) is 6.44. The fourth-order valence-electron chi connectivity index (χ4n) is 0.987. The van der Waals surface area contributed by atoms with Crippen molar-refractivity contribution in [2.24, 2.45) is 0 Å². The Kier molecular flexibility index (Phi) is 8.23. The first-order chi connectivity index (χ1) is 3.52. The van der Waals surface area contributed by atoms with Crippen LogP contribution < -0.4 is 18.6 Å². The van der Waals surface area contributed by atoms with Crippen molar-refractivity contribution in [3.8, 4) is 0 Å². The first kappa shape index (κ1) is 17.5. The van der Waals surface area contributed by atoms with Crippen molar-refractivity contribution in [2.45, 2.75) is 19.3 Å². The Hall–Kier alpha value is 0.460. The Morgan fingerprint density at radius 2 is 1.45 bits per heavy atom. The molecule has 0 amide bonds. The van der Waals surface area contributed by atoms with Gasteiger partial charge in [-0.05, 0) is 6.92 Å². The lowest BCUT2D eigenvalue weighted by molar-refractivity contribution is -0.892. The Morgan fingerprint density at radius 1 is 1.18 bits per heavy atom. The van der Waals surface area contributed by atoms with Gasteiger partial charge in [-0.3, -0.25) is 0 Å². The second-order valence-electron chi connectivity index (χ2n) is 3.35. The summed E-state index contributed by atoms with van der Waals surface area (Å²) in [4.78, 5) is 0. The molecule has 1 aliphatic rings. The number of hydrogen-bond donors (Lipinski definition) is 1. The van der Waals surface area contributed by atoms with Gasteiger partial charge in [-0.25, -0.2) is 0 Å². The molecule has 0 saturated carbocycles. The van der Waals surface area contributed by atoms with Gasteiger partial charge in [-0.15, -0.1) is 12.4 Å². The van der Waals surface area contributed by atoms with Gasteiger partial charge in [0.25, 0.3) is 0 Å². The number of hydrogen-bond acceptors (Lipinski definition) is 2. The SMILES string of the molecule is CC1OC1[N+](C)(C)C.Cl.N.[Cl-]. The molecule has 0 aromatic carbocycles. The molecular formula is C6H18Cl2N2O. The molecule has 0 radical (unpaired) electrons. The molecule has 0 bridgehead atoms. The second kappa shape index (κ2) is 5.17. The average molecular weight is 205 g/mol. The highest BCUT2D eigenvalue weighted by atomic mass is 35.5. The van der Waals surface area contributed by atoms with Crippen molar-refractivity contribution in [3.05, 3.63) is 0 Å². The van der Waals surface area contributed by atoms with Crippen molar-refractivity contribution >= 4 is 12.4 Å². The van der Waals surface area contributed by atoms with E-state index in [9.17, 15) is 0 Å². The minimum absolute atomic E-state index is 0. The molecule has 5 heteroatoms. The number of halogens is 2. The van der Waals surface area contributed by atoms with Crippen LogP contribution in [0.1, 0.15) is 6.92 Å². The summed E-state index contributed by atoms with van der Waals surface area (Å²) in [6, 6.07) is 0. The lowest BCUT2D eigenvalue weighted by Gasteiger charge is -2.20. The highest BCUT2D eigenvalue weighted by molar-refractivity contribution is 5.85. The zero-order valence-corrected chi connectivity index (χ0v) is 9.08. The average Bonchev–Trinajstić information content (AvgIpc) is 2.13. The molecule has 3 N–H and O–H groups in total. The van der Waals surface area contributed by atoms with Crippen molar-refractivity contribution in [1.29, 1.82) is 0 Å². The maximum atomic E-state index is 5.25. The summed E-state index contributed by atoms with van der Waals surface area (Å²) in [5.74, 6) is 0. The van der Waals surface area contributed by atoms with Gasteiger partial charge >= 0.3 is 0 Å². The Labute approximate surface area is 81.1 Å². The Morgan fingerprint density at radius 3 is 1.45 bits per heavy atom. The zero-order chi connectivity index (χ0) is 6.36. The molecule has 1 aliphatic heterocycles. The van der Waals surface area contributed by atoms with E-state index in [0.29, 0.717) is 12.3 Å². The van der Waals surface area contributed by atoms with Gasteiger partial charge in [0.1, 0.15) is 6.10 Å². The van der Waals surface area contributed by atoms with Gasteiger partial charge in [0.2, 0.25) is 6.23 Å². The van der Waals surface area contributed by atoms with E-state index in [1.807, 2.05) is 0 Å². The van der Waals surface area contributed by atoms with E-state index < -0.39 is 0 Å². The predicted octanol–water partition coefficient (Wildman–Crippen LogP) is -1.97. The second-order valence-corrected chi connectivity index (χ2v) is 3.35. The molecule has 0 aromatic rings. The molecule has 0 aliphatic carbocycles. The van der Waals surface area contributed by atoms with E-state index >= 15 is 0 Å². The highest BCUT2D eigenvalue weighted by Gasteiger charge is 2.45. The van der Waals surface area contributed by atoms with E-state index in [2.05, 4.69) is 28.1 Å². The molecule has 1 fully saturated rings. The molecule has 0 aromatic heterocycles. The molecule has 3 nitrogen and oxygen atoms in total. The van der Waals surface area contributed by atoms with Crippen LogP contribution in [0, 0.1) is 0 Å². The third kappa shape index (κ3) is 4.82. The minimum atomic E-state index is 0. The normalized spacial score (nSPS) is 27.3. The molecule has 2 atom stereocenters. The quantitative estimate of drug-likeness (QED) is 0.398. The minimum Gasteiger partial charge on any atom is -1.00 e. The van der Waals surface area contributed by atoms with Crippen LogP contribution in [0.4, 0.5) is 0 Å². The van der Waals surface area contributed by atoms with Gasteiger partial charge in [-0.2, -0.15) is 0 Å². The number of rotatable bonds is 1. The summed E-state index contributed by atoms with van der Waals surface area (Å²) >= 11 is 0. The van der Waals surface area contributed by atoms with E-state index in [-0.39, 0.29) is 31.0 Å². The van der Waals surface area contributed by atoms with Crippen LogP contribution in [0.2, 0.25) is 0 Å². The zero-order valence-electron chi connectivity index (χ0n) is 7.50. The standard InChI is InChI=1S/C6H14NO.2ClH.H3N/c1-5-6(8-5)7(2,3)4;;;/h5-6H,1-4H3;2*1H;1H3/q+1;;;/p-1. The number of likely N-dealkylation sites (N-methyl/N-ethyl adjacent to an activating group) is 1. The van der Waals surface area contributed by atoms with Crippen molar-refractivity contribution in [3.63, 3.8) is 0 Å². The van der Waals surface area contributed by atoms with Crippen molar-refractivity contribution in [2.75, 3.05) is 21.1 Å². The lowest BCUT2D eigenvalue weighted by Crippen LogP contribution is -3.00. The first-order valence-corrected chi connectivity index (χ1v) is 2.98. The molecular weight excluding hydrogens is 187 g/mol. The fourth-order valence-corrected chi connectivity index (χ4v) is 0.987. The predicted molar refractivity (Wildman–Crippen MR) is 44.6 cm³/mol. The summed E-state index contributed by atoms with van der Waals surface area (Å²) < 4.78 is 6.19. The van der Waals surface area contributed by atoms with Gasteiger partial charge < -0.3 is 27.8 Å². The van der Waals surface area contributed by atoms with Crippen LogP contribution in [0.25, 0.3) is 0 Å². The molecule has 0 spiro atoms. The summed E-state index contributed by atoms with van der Waals surface area (Å²) in [5, 5.41) is 0. The molecule has 2 unspecified atom stereocenters. The summed E-state index contributed by atoms with van der Waals surface area (Å²) in [5.41, 5.74) is 0. The monoisotopic (exact) mass is 204 g/mol. The number of epoxide rings is 1. The highest BCUT2D eigenvalue weighted by Crippen LogP contribution is 2.26. The summed E-state index contributed by atoms with van der Waals surface area (Å²) in [6.07, 6.45) is 0.935. The van der Waals surface area contributed by atoms with E-state index in [0.717, 1.165) is 4.48 Å². The van der Waals surface area contributed by atoms with E-state index in [1.54, 1.807) is 0 Å². The molecule has 72 valence electrons. The lowest BCUT2D eigenvalue weighted by atomic mass is 10.4. The van der Waals surface area contributed by atoms with Crippen LogP contribution in [0.15, 0.2) is 0 Å².